The van der Waals surface area contributed by atoms with Crippen molar-refractivity contribution in [3.05, 3.63) is 53.5 Å². The second-order valence-corrected chi connectivity index (χ2v) is 9.13. The van der Waals surface area contributed by atoms with E-state index in [1.807, 2.05) is 35.9 Å². The highest BCUT2D eigenvalue weighted by molar-refractivity contribution is 6.50. The van der Waals surface area contributed by atoms with Crippen LogP contribution < -0.4 is 4.90 Å². The number of anilines is 1. The van der Waals surface area contributed by atoms with Gasteiger partial charge in [-0.05, 0) is 45.9 Å². The molecule has 32 heavy (non-hydrogen) atoms. The van der Waals surface area contributed by atoms with Crippen molar-refractivity contribution < 1.29 is 0 Å². The minimum atomic E-state index is -0.202. The Bertz CT molecular complexity index is 1210. The number of hydrogen-bond donors (Lipinski definition) is 0. The van der Waals surface area contributed by atoms with Gasteiger partial charge in [-0.25, -0.2) is 9.98 Å². The Morgan fingerprint density at radius 2 is 1.69 bits per heavy atom. The van der Waals surface area contributed by atoms with Crippen molar-refractivity contribution in [2.45, 2.75) is 48.5 Å². The highest BCUT2D eigenvalue weighted by Gasteiger charge is 2.35. The van der Waals surface area contributed by atoms with Gasteiger partial charge in [0.05, 0.1) is 17.1 Å². The molecule has 166 valence electrons. The molecule has 0 atom stereocenters. The van der Waals surface area contributed by atoms with Gasteiger partial charge in [0.2, 0.25) is 5.82 Å². The van der Waals surface area contributed by atoms with Crippen LogP contribution in [0.25, 0.3) is 11.4 Å². The fourth-order valence-electron chi connectivity index (χ4n) is 3.85. The van der Waals surface area contributed by atoms with Gasteiger partial charge in [-0.15, -0.1) is 10.2 Å². The minimum Gasteiger partial charge on any atom is -0.357 e. The first kappa shape index (κ1) is 21.9. The lowest BCUT2D eigenvalue weighted by atomic mass is 9.87. The number of nitrogens with zero attached hydrogens (tertiary/aromatic N) is 7. The van der Waals surface area contributed by atoms with Crippen LogP contribution in [-0.4, -0.2) is 44.4 Å². The van der Waals surface area contributed by atoms with Crippen molar-refractivity contribution in [3.8, 4) is 11.4 Å². The first-order valence-electron chi connectivity index (χ1n) is 11.2. The molecule has 4 rings (SSSR count). The van der Waals surface area contributed by atoms with E-state index in [0.717, 1.165) is 53.1 Å². The Kier molecular flexibility index (Phi) is 5.67. The lowest BCUT2D eigenvalue weighted by molar-refractivity contribution is 0.594. The summed E-state index contributed by atoms with van der Waals surface area (Å²) >= 11 is 0. The van der Waals surface area contributed by atoms with Crippen molar-refractivity contribution >= 4 is 22.9 Å². The third-order valence-electron chi connectivity index (χ3n) is 5.63. The van der Waals surface area contributed by atoms with Crippen LogP contribution in [0.2, 0.25) is 0 Å². The molecule has 2 aromatic heterocycles. The van der Waals surface area contributed by atoms with Gasteiger partial charge in [-0.2, -0.15) is 9.78 Å². The fourth-order valence-corrected chi connectivity index (χ4v) is 3.85. The van der Waals surface area contributed by atoms with Crippen LogP contribution in [0.15, 0.2) is 46.5 Å². The second kappa shape index (κ2) is 8.30. The number of fused-ring (bicyclic) bond motifs is 1. The van der Waals surface area contributed by atoms with Gasteiger partial charge in [0, 0.05) is 24.1 Å². The molecule has 7 heteroatoms. The van der Waals surface area contributed by atoms with Gasteiger partial charge in [0.25, 0.3) is 0 Å². The maximum Gasteiger partial charge on any atom is 0.205 e. The monoisotopic (exact) mass is 429 g/mol. The molecule has 0 saturated carbocycles. The van der Waals surface area contributed by atoms with E-state index in [2.05, 4.69) is 68.8 Å². The molecule has 0 radical (unpaired) electrons. The van der Waals surface area contributed by atoms with Gasteiger partial charge in [-0.3, -0.25) is 0 Å². The zero-order valence-electron chi connectivity index (χ0n) is 20.0. The lowest BCUT2D eigenvalue weighted by Gasteiger charge is -2.20. The predicted octanol–water partition coefficient (Wildman–Crippen LogP) is 5.19. The predicted molar refractivity (Wildman–Crippen MR) is 131 cm³/mol. The standard InChI is InChI=1S/C25H31N7/c1-8-31(9-2)20-14-13-19(17(4)26-20)27-21-22(25(5,6)7)30-32-23(28-29-24(21)32)18-12-10-11-16(3)15-18/h10-15H,8-9H2,1-7H3/b27-21+. The van der Waals surface area contributed by atoms with E-state index in [9.17, 15) is 0 Å². The molecule has 3 aromatic rings. The van der Waals surface area contributed by atoms with Crippen LogP contribution in [0.1, 0.15) is 51.7 Å². The SMILES string of the molecule is CCN(CC)c1ccc(/N=C2\C(C(C)(C)C)=Nn3c2nnc3-c2cccc(C)c2)c(C)n1. The molecular weight excluding hydrogens is 398 g/mol. The molecule has 1 aliphatic heterocycles. The Balaban J connectivity index is 1.82. The molecule has 0 spiro atoms. The number of benzene rings is 1. The summed E-state index contributed by atoms with van der Waals surface area (Å²) in [7, 11) is 0. The van der Waals surface area contributed by atoms with Crippen LogP contribution in [0.3, 0.4) is 0 Å². The topological polar surface area (TPSA) is 71.6 Å². The second-order valence-electron chi connectivity index (χ2n) is 9.13. The molecule has 0 saturated heterocycles. The Labute approximate surface area is 189 Å². The van der Waals surface area contributed by atoms with Gasteiger partial charge in [0.15, 0.2) is 5.82 Å². The third kappa shape index (κ3) is 3.95. The number of aryl methyl sites for hydroxylation is 2. The Morgan fingerprint density at radius 3 is 2.31 bits per heavy atom. The largest absolute Gasteiger partial charge is 0.357 e. The quantitative estimate of drug-likeness (QED) is 0.560. The van der Waals surface area contributed by atoms with Crippen molar-refractivity contribution in [2.75, 3.05) is 18.0 Å². The summed E-state index contributed by atoms with van der Waals surface area (Å²) in [4.78, 5) is 12.0. The van der Waals surface area contributed by atoms with Crippen molar-refractivity contribution in [2.24, 2.45) is 15.5 Å². The van der Waals surface area contributed by atoms with Gasteiger partial charge >= 0.3 is 0 Å². The van der Waals surface area contributed by atoms with Crippen LogP contribution >= 0.6 is 0 Å². The van der Waals surface area contributed by atoms with Crippen LogP contribution in [0.5, 0.6) is 0 Å². The van der Waals surface area contributed by atoms with E-state index in [4.69, 9.17) is 15.1 Å². The van der Waals surface area contributed by atoms with Gasteiger partial charge in [0.1, 0.15) is 11.5 Å². The summed E-state index contributed by atoms with van der Waals surface area (Å²) in [6.07, 6.45) is 0. The Hall–Kier alpha value is -3.35. The number of pyridine rings is 1. The van der Waals surface area contributed by atoms with E-state index >= 15 is 0 Å². The van der Waals surface area contributed by atoms with E-state index in [1.165, 1.54) is 5.56 Å². The third-order valence-corrected chi connectivity index (χ3v) is 5.63. The summed E-state index contributed by atoms with van der Waals surface area (Å²) in [5.41, 5.74) is 5.30. The summed E-state index contributed by atoms with van der Waals surface area (Å²) in [6.45, 7) is 16.6. The van der Waals surface area contributed by atoms with E-state index in [0.29, 0.717) is 5.82 Å². The highest BCUT2D eigenvalue weighted by Crippen LogP contribution is 2.31. The molecule has 0 unspecified atom stereocenters. The molecule has 0 aliphatic carbocycles. The molecule has 1 aliphatic rings. The summed E-state index contributed by atoms with van der Waals surface area (Å²) < 4.78 is 1.82. The molecule has 3 heterocycles. The van der Waals surface area contributed by atoms with Crippen molar-refractivity contribution in [1.29, 1.82) is 0 Å². The number of hydrogen-bond acceptors (Lipinski definition) is 6. The smallest absolute Gasteiger partial charge is 0.205 e. The molecule has 0 N–H and O–H groups in total. The van der Waals surface area contributed by atoms with Crippen molar-refractivity contribution in [3.63, 3.8) is 0 Å². The molecule has 0 amide bonds. The number of aromatic nitrogens is 4. The average Bonchev–Trinajstić information content (AvgIpc) is 3.31. The first-order chi connectivity index (χ1) is 15.2. The molecule has 0 bridgehead atoms. The fraction of sp³-hybridized carbons (Fsp3) is 0.400. The summed E-state index contributed by atoms with van der Waals surface area (Å²) in [5, 5.41) is 13.8. The van der Waals surface area contributed by atoms with Crippen molar-refractivity contribution in [1.82, 2.24) is 19.9 Å². The van der Waals surface area contributed by atoms with Crippen LogP contribution in [-0.2, 0) is 0 Å². The van der Waals surface area contributed by atoms with E-state index in [1.54, 1.807) is 0 Å². The summed E-state index contributed by atoms with van der Waals surface area (Å²) in [5.74, 6) is 2.36. The maximum atomic E-state index is 5.01. The van der Waals surface area contributed by atoms with Gasteiger partial charge < -0.3 is 4.90 Å². The van der Waals surface area contributed by atoms with Crippen LogP contribution in [0, 0.1) is 19.3 Å². The summed E-state index contributed by atoms with van der Waals surface area (Å²) in [6, 6.07) is 12.3. The van der Waals surface area contributed by atoms with Crippen LogP contribution in [0.4, 0.5) is 11.5 Å². The Morgan fingerprint density at radius 1 is 0.969 bits per heavy atom. The average molecular weight is 430 g/mol. The normalized spacial score (nSPS) is 14.6. The minimum absolute atomic E-state index is 0.202. The number of rotatable bonds is 5. The lowest BCUT2D eigenvalue weighted by Crippen LogP contribution is -2.27. The first-order valence-corrected chi connectivity index (χ1v) is 11.2. The zero-order chi connectivity index (χ0) is 23.0. The zero-order valence-corrected chi connectivity index (χ0v) is 20.0. The molecule has 0 fully saturated rings. The highest BCUT2D eigenvalue weighted by atomic mass is 15.5. The van der Waals surface area contributed by atoms with Gasteiger partial charge in [-0.1, -0.05) is 44.5 Å². The maximum absolute atomic E-state index is 5.01. The molecule has 1 aromatic carbocycles. The number of aliphatic imine (C=N–C) groups is 1. The molecular formula is C25H31N7. The van der Waals surface area contributed by atoms with E-state index in [-0.39, 0.29) is 5.41 Å². The van der Waals surface area contributed by atoms with E-state index < -0.39 is 0 Å². The molecule has 7 nitrogen and oxygen atoms in total.